The number of nitrogens with zero attached hydrogens (tertiary/aromatic N) is 4. The van der Waals surface area contributed by atoms with Gasteiger partial charge in [-0.05, 0) is 31.4 Å². The summed E-state index contributed by atoms with van der Waals surface area (Å²) >= 11 is 6.17. The normalized spacial score (nSPS) is 21.4. The third kappa shape index (κ3) is 5.19. The topological polar surface area (TPSA) is 75.5 Å². The molecule has 0 N–H and O–H groups in total. The summed E-state index contributed by atoms with van der Waals surface area (Å²) in [5.41, 5.74) is -0.133. The lowest BCUT2D eigenvalue weighted by molar-refractivity contribution is -0.0891. The van der Waals surface area contributed by atoms with Gasteiger partial charge in [0.05, 0.1) is 11.3 Å². The van der Waals surface area contributed by atoms with Gasteiger partial charge in [-0.15, -0.1) is 0 Å². The number of carbonyl (C=O) groups is 1. The van der Waals surface area contributed by atoms with Crippen LogP contribution < -0.4 is 0 Å². The minimum Gasteiger partial charge on any atom is -0.339 e. The van der Waals surface area contributed by atoms with E-state index in [2.05, 4.69) is 9.88 Å². The molecule has 4 rings (SSSR count). The number of sulfonamides is 1. The van der Waals surface area contributed by atoms with E-state index in [0.717, 1.165) is 0 Å². The Bertz CT molecular complexity index is 1140. The maximum absolute atomic E-state index is 14.0. The Morgan fingerprint density at radius 1 is 1.09 bits per heavy atom. The Kier molecular flexibility index (Phi) is 7.15. The van der Waals surface area contributed by atoms with Gasteiger partial charge in [-0.25, -0.2) is 22.2 Å². The fourth-order valence-corrected chi connectivity index (χ4v) is 6.66. The number of hydrogen-bond acceptors (Lipinski definition) is 5. The first-order valence-electron chi connectivity index (χ1n) is 11.4. The number of Topliss-reactive ketones (excluding diaryl/α,β-unsaturated/α-hetero) is 1. The van der Waals surface area contributed by atoms with Gasteiger partial charge < -0.3 is 4.57 Å². The van der Waals surface area contributed by atoms with E-state index in [1.165, 1.54) is 16.8 Å². The molecule has 0 spiro atoms. The summed E-state index contributed by atoms with van der Waals surface area (Å²) in [7, 11) is -2.01. The van der Waals surface area contributed by atoms with Crippen LogP contribution in [0.1, 0.15) is 48.9 Å². The minimum atomic E-state index is -3.71. The van der Waals surface area contributed by atoms with E-state index >= 15 is 0 Å². The molecule has 0 unspecified atom stereocenters. The zero-order valence-electron chi connectivity index (χ0n) is 19.1. The third-order valence-electron chi connectivity index (χ3n) is 7.10. The van der Waals surface area contributed by atoms with E-state index in [-0.39, 0.29) is 56.0 Å². The first-order chi connectivity index (χ1) is 16.0. The van der Waals surface area contributed by atoms with Crippen LogP contribution in [0, 0.1) is 0 Å². The molecule has 1 saturated carbocycles. The van der Waals surface area contributed by atoms with Crippen LogP contribution in [0.5, 0.6) is 0 Å². The zero-order valence-corrected chi connectivity index (χ0v) is 20.7. The van der Waals surface area contributed by atoms with Crippen LogP contribution in [0.2, 0.25) is 5.02 Å². The molecule has 1 aromatic heterocycles. The number of ketones is 1. The molecule has 2 aromatic rings. The summed E-state index contributed by atoms with van der Waals surface area (Å²) in [5, 5.41) is 0.380. The molecule has 0 bridgehead atoms. The second-order valence-electron chi connectivity index (χ2n) is 9.25. The average molecular weight is 515 g/mol. The van der Waals surface area contributed by atoms with Crippen molar-refractivity contribution >= 4 is 27.4 Å². The van der Waals surface area contributed by atoms with Crippen molar-refractivity contribution in [3.63, 3.8) is 0 Å². The molecular weight excluding hydrogens is 486 g/mol. The van der Waals surface area contributed by atoms with Crippen LogP contribution in [-0.4, -0.2) is 70.6 Å². The van der Waals surface area contributed by atoms with Crippen molar-refractivity contribution in [3.05, 3.63) is 47.4 Å². The molecule has 1 aliphatic carbocycles. The number of aryl methyl sites for hydroxylation is 1. The van der Waals surface area contributed by atoms with Crippen LogP contribution >= 0.6 is 11.6 Å². The highest BCUT2D eigenvalue weighted by Crippen LogP contribution is 2.44. The highest BCUT2D eigenvalue weighted by Gasteiger charge is 2.47. The lowest BCUT2D eigenvalue weighted by Crippen LogP contribution is -2.59. The molecular formula is C23H29ClF2N4O3S. The van der Waals surface area contributed by atoms with Gasteiger partial charge >= 0.3 is 0 Å². The van der Waals surface area contributed by atoms with Gasteiger partial charge in [-0.2, -0.15) is 4.31 Å². The van der Waals surface area contributed by atoms with Gasteiger partial charge in [0.1, 0.15) is 0 Å². The van der Waals surface area contributed by atoms with Gasteiger partial charge in [-0.3, -0.25) is 9.69 Å². The van der Waals surface area contributed by atoms with E-state index < -0.39 is 21.5 Å². The number of hydrogen-bond donors (Lipinski definition) is 0. The fraction of sp³-hybridized carbons (Fsp3) is 0.565. The van der Waals surface area contributed by atoms with Crippen LogP contribution in [-0.2, 0) is 17.1 Å². The van der Waals surface area contributed by atoms with Crippen molar-refractivity contribution in [1.82, 2.24) is 18.8 Å². The molecule has 186 valence electrons. The Hall–Kier alpha value is -1.88. The van der Waals surface area contributed by atoms with Crippen molar-refractivity contribution in [3.8, 4) is 0 Å². The molecule has 0 atom stereocenters. The lowest BCUT2D eigenvalue weighted by Gasteiger charge is -2.50. The molecule has 2 fully saturated rings. The van der Waals surface area contributed by atoms with E-state index in [1.54, 1.807) is 35.9 Å². The number of carbonyl (C=O) groups excluding carboxylic acids is 1. The average Bonchev–Trinajstić information content (AvgIpc) is 3.26. The molecule has 0 amide bonds. The fourth-order valence-electron chi connectivity index (χ4n) is 5.03. The SMILES string of the molecule is Cn1cnc(S(=O)(=O)N2CCN(C3(CCC(=O)c4ccccc4Cl)CCC(F)(F)CC3)CC2)c1. The summed E-state index contributed by atoms with van der Waals surface area (Å²) in [6, 6.07) is 6.83. The summed E-state index contributed by atoms with van der Waals surface area (Å²) in [4.78, 5) is 18.9. The van der Waals surface area contributed by atoms with Crippen molar-refractivity contribution in [1.29, 1.82) is 0 Å². The second-order valence-corrected chi connectivity index (χ2v) is 11.5. The number of halogens is 3. The number of piperazine rings is 1. The molecule has 11 heteroatoms. The molecule has 34 heavy (non-hydrogen) atoms. The summed E-state index contributed by atoms with van der Waals surface area (Å²) in [6.07, 6.45) is 3.59. The predicted molar refractivity (Wildman–Crippen MR) is 125 cm³/mol. The lowest BCUT2D eigenvalue weighted by atomic mass is 9.74. The molecule has 2 heterocycles. The van der Waals surface area contributed by atoms with Crippen molar-refractivity contribution in [2.24, 2.45) is 7.05 Å². The Morgan fingerprint density at radius 3 is 2.32 bits per heavy atom. The number of aromatic nitrogens is 2. The Morgan fingerprint density at radius 2 is 1.74 bits per heavy atom. The van der Waals surface area contributed by atoms with Gasteiger partial charge in [0.15, 0.2) is 10.8 Å². The van der Waals surface area contributed by atoms with Crippen LogP contribution in [0.25, 0.3) is 0 Å². The number of rotatable bonds is 7. The number of benzene rings is 1. The Balaban J connectivity index is 1.47. The van der Waals surface area contributed by atoms with Crippen LogP contribution in [0.3, 0.4) is 0 Å². The van der Waals surface area contributed by atoms with Crippen LogP contribution in [0.15, 0.2) is 41.8 Å². The van der Waals surface area contributed by atoms with Crippen molar-refractivity contribution in [2.45, 2.75) is 55.0 Å². The molecule has 1 aromatic carbocycles. The minimum absolute atomic E-state index is 0.000748. The molecule has 1 saturated heterocycles. The molecule has 0 radical (unpaired) electrons. The third-order valence-corrected chi connectivity index (χ3v) is 9.21. The summed E-state index contributed by atoms with van der Waals surface area (Å²) in [5.74, 6) is -2.82. The van der Waals surface area contributed by atoms with Crippen molar-refractivity contribution < 1.29 is 22.0 Å². The monoisotopic (exact) mass is 514 g/mol. The largest absolute Gasteiger partial charge is 0.339 e. The quantitative estimate of drug-likeness (QED) is 0.522. The smallest absolute Gasteiger partial charge is 0.262 e. The van der Waals surface area contributed by atoms with E-state index in [4.69, 9.17) is 11.6 Å². The van der Waals surface area contributed by atoms with Gasteiger partial charge in [-0.1, -0.05) is 23.7 Å². The van der Waals surface area contributed by atoms with Gasteiger partial charge in [0.25, 0.3) is 10.0 Å². The first kappa shape index (κ1) is 25.2. The first-order valence-corrected chi connectivity index (χ1v) is 13.2. The van der Waals surface area contributed by atoms with Crippen LogP contribution in [0.4, 0.5) is 8.78 Å². The Labute approximate surface area is 203 Å². The standard InChI is InChI=1S/C23H29ClF2N4O3S/c1-28-16-21(27-17-28)34(32,33)30-14-12-29(13-15-30)22(8-10-23(25,26)11-9-22)7-6-20(31)18-4-2-3-5-19(18)24/h2-5,16-17H,6-15H2,1H3. The molecule has 7 nitrogen and oxygen atoms in total. The van der Waals surface area contributed by atoms with E-state index in [9.17, 15) is 22.0 Å². The maximum atomic E-state index is 14.0. The van der Waals surface area contributed by atoms with Gasteiger partial charge in [0.2, 0.25) is 5.92 Å². The number of imidazole rings is 1. The highest BCUT2D eigenvalue weighted by atomic mass is 35.5. The van der Waals surface area contributed by atoms with Gasteiger partial charge in [0, 0.05) is 69.8 Å². The van der Waals surface area contributed by atoms with E-state index in [0.29, 0.717) is 30.1 Å². The second kappa shape index (κ2) is 9.64. The summed E-state index contributed by atoms with van der Waals surface area (Å²) in [6.45, 7) is 1.32. The number of alkyl halides is 2. The molecule has 1 aliphatic heterocycles. The summed E-state index contributed by atoms with van der Waals surface area (Å²) < 4.78 is 56.9. The zero-order chi connectivity index (χ0) is 24.6. The predicted octanol–water partition coefficient (Wildman–Crippen LogP) is 3.99. The van der Waals surface area contributed by atoms with Crippen molar-refractivity contribution in [2.75, 3.05) is 26.2 Å². The van der Waals surface area contributed by atoms with E-state index in [1.807, 2.05) is 0 Å². The molecule has 2 aliphatic rings. The highest BCUT2D eigenvalue weighted by molar-refractivity contribution is 7.89. The maximum Gasteiger partial charge on any atom is 0.262 e.